The van der Waals surface area contributed by atoms with Crippen molar-refractivity contribution in [1.29, 1.82) is 0 Å². The Labute approximate surface area is 228 Å². The third-order valence-corrected chi connectivity index (χ3v) is 7.01. The van der Waals surface area contributed by atoms with Crippen molar-refractivity contribution in [3.05, 3.63) is 131 Å². The maximum Gasteiger partial charge on any atom is 0.273 e. The van der Waals surface area contributed by atoms with Gasteiger partial charge in [-0.25, -0.2) is 13.8 Å². The summed E-state index contributed by atoms with van der Waals surface area (Å²) in [6.45, 7) is 1.80. The van der Waals surface area contributed by atoms with Crippen LogP contribution in [0.3, 0.4) is 0 Å². The van der Waals surface area contributed by atoms with Crippen molar-refractivity contribution >= 4 is 38.9 Å². The second kappa shape index (κ2) is 12.2. The van der Waals surface area contributed by atoms with Crippen molar-refractivity contribution in [2.24, 2.45) is 5.10 Å². The van der Waals surface area contributed by atoms with Gasteiger partial charge in [0.15, 0.2) is 0 Å². The number of amides is 2. The summed E-state index contributed by atoms with van der Waals surface area (Å²) in [7, 11) is -3.70. The number of carbonyl (C=O) groups excluding carboxylic acids is 2. The second-order valence-electron chi connectivity index (χ2n) is 8.81. The Morgan fingerprint density at radius 2 is 1.38 bits per heavy atom. The van der Waals surface area contributed by atoms with E-state index < -0.39 is 15.9 Å². The van der Waals surface area contributed by atoms with Gasteiger partial charge in [-0.15, -0.1) is 0 Å². The van der Waals surface area contributed by atoms with Crippen LogP contribution < -0.4 is 15.0 Å². The topological polar surface area (TPSA) is 108 Å². The van der Waals surface area contributed by atoms with Gasteiger partial charge in [0.1, 0.15) is 0 Å². The predicted molar refractivity (Wildman–Crippen MR) is 154 cm³/mol. The lowest BCUT2D eigenvalue weighted by Gasteiger charge is -2.24. The van der Waals surface area contributed by atoms with Gasteiger partial charge < -0.3 is 5.32 Å². The molecule has 0 aromatic heterocycles. The van der Waals surface area contributed by atoms with E-state index >= 15 is 0 Å². The van der Waals surface area contributed by atoms with E-state index in [2.05, 4.69) is 15.8 Å². The molecule has 4 rings (SSSR count). The van der Waals surface area contributed by atoms with Gasteiger partial charge >= 0.3 is 0 Å². The van der Waals surface area contributed by atoms with Gasteiger partial charge in [0, 0.05) is 11.3 Å². The van der Waals surface area contributed by atoms with Crippen LogP contribution in [0, 0.1) is 0 Å². The highest BCUT2D eigenvalue weighted by molar-refractivity contribution is 7.92. The second-order valence-corrected chi connectivity index (χ2v) is 10.7. The van der Waals surface area contributed by atoms with E-state index in [-0.39, 0.29) is 23.7 Å². The molecule has 0 fully saturated rings. The minimum Gasteiger partial charge on any atom is -0.322 e. The molecule has 0 radical (unpaired) electrons. The fraction of sp³-hybridized carbons (Fsp3) is 0.100. The summed E-state index contributed by atoms with van der Waals surface area (Å²) in [5.74, 6) is -0.793. The molecule has 0 heterocycles. The van der Waals surface area contributed by atoms with E-state index in [0.717, 1.165) is 11.8 Å². The lowest BCUT2D eigenvalue weighted by atomic mass is 10.1. The minimum atomic E-state index is -3.70. The molecule has 0 aliphatic heterocycles. The molecule has 0 saturated heterocycles. The van der Waals surface area contributed by atoms with Gasteiger partial charge in [0.05, 0.1) is 29.8 Å². The maximum atomic E-state index is 13.2. The average Bonchev–Trinajstić information content (AvgIpc) is 2.95. The average molecular weight is 541 g/mol. The third kappa shape index (κ3) is 7.18. The lowest BCUT2D eigenvalue weighted by molar-refractivity contribution is 0.0954. The summed E-state index contributed by atoms with van der Waals surface area (Å²) in [4.78, 5) is 25.7. The summed E-state index contributed by atoms with van der Waals surface area (Å²) in [5, 5.41) is 7.09. The summed E-state index contributed by atoms with van der Waals surface area (Å²) < 4.78 is 26.6. The highest BCUT2D eigenvalue weighted by atomic mass is 32.2. The standard InChI is InChI=1S/C30H28N4O4S/c1-22(25-16-11-17-26(20-25)31-29(35)24-14-7-4-8-15-24)32-33-30(36)27-18-9-10-19-28(27)34(39(2,37)38)21-23-12-5-3-6-13-23/h3-20H,21H2,1-2H3,(H,31,35)(H,33,36)/b32-22+. The van der Waals surface area contributed by atoms with E-state index in [0.29, 0.717) is 22.5 Å². The third-order valence-electron chi connectivity index (χ3n) is 5.89. The zero-order valence-corrected chi connectivity index (χ0v) is 22.4. The van der Waals surface area contributed by atoms with E-state index in [9.17, 15) is 18.0 Å². The Kier molecular flexibility index (Phi) is 8.53. The summed E-state index contributed by atoms with van der Waals surface area (Å²) in [5.41, 5.74) is 6.04. The van der Waals surface area contributed by atoms with E-state index in [1.807, 2.05) is 42.5 Å². The number of benzene rings is 4. The lowest BCUT2D eigenvalue weighted by Crippen LogP contribution is -2.32. The maximum absolute atomic E-state index is 13.2. The van der Waals surface area contributed by atoms with Crippen LogP contribution in [0.15, 0.2) is 114 Å². The number of sulfonamides is 1. The summed E-state index contributed by atoms with van der Waals surface area (Å²) in [6.07, 6.45) is 1.11. The van der Waals surface area contributed by atoms with Crippen LogP contribution in [0.4, 0.5) is 11.4 Å². The van der Waals surface area contributed by atoms with Gasteiger partial charge in [-0.05, 0) is 54.4 Å². The van der Waals surface area contributed by atoms with Crippen molar-refractivity contribution in [3.63, 3.8) is 0 Å². The summed E-state index contributed by atoms with van der Waals surface area (Å²) >= 11 is 0. The Morgan fingerprint density at radius 3 is 2.08 bits per heavy atom. The largest absolute Gasteiger partial charge is 0.322 e. The number of hydrogen-bond acceptors (Lipinski definition) is 5. The number of hydrogen-bond donors (Lipinski definition) is 2. The molecule has 2 amide bonds. The molecule has 0 atom stereocenters. The van der Waals surface area contributed by atoms with Crippen LogP contribution in [-0.4, -0.2) is 32.2 Å². The van der Waals surface area contributed by atoms with Gasteiger partial charge in [0.25, 0.3) is 11.8 Å². The molecule has 0 aliphatic carbocycles. The molecule has 39 heavy (non-hydrogen) atoms. The molecule has 0 saturated carbocycles. The molecule has 0 unspecified atom stereocenters. The first kappa shape index (κ1) is 27.3. The quantitative estimate of drug-likeness (QED) is 0.229. The van der Waals surface area contributed by atoms with Gasteiger partial charge in [0.2, 0.25) is 10.0 Å². The molecule has 198 valence electrons. The fourth-order valence-corrected chi connectivity index (χ4v) is 4.79. The smallest absolute Gasteiger partial charge is 0.273 e. The van der Waals surface area contributed by atoms with Gasteiger partial charge in [-0.1, -0.05) is 72.8 Å². The van der Waals surface area contributed by atoms with Crippen LogP contribution in [0.1, 0.15) is 38.8 Å². The Hall–Kier alpha value is -4.76. The first-order valence-electron chi connectivity index (χ1n) is 12.1. The summed E-state index contributed by atoms with van der Waals surface area (Å²) in [6, 6.07) is 31.6. The zero-order valence-electron chi connectivity index (χ0n) is 21.5. The first-order chi connectivity index (χ1) is 18.7. The van der Waals surface area contributed by atoms with Crippen molar-refractivity contribution in [1.82, 2.24) is 5.43 Å². The molecular weight excluding hydrogens is 512 g/mol. The number of hydrazone groups is 1. The molecule has 2 N–H and O–H groups in total. The molecule has 0 spiro atoms. The van der Waals surface area contributed by atoms with Crippen LogP contribution >= 0.6 is 0 Å². The highest BCUT2D eigenvalue weighted by Gasteiger charge is 2.23. The normalized spacial score (nSPS) is 11.5. The number of carbonyl (C=O) groups is 2. The highest BCUT2D eigenvalue weighted by Crippen LogP contribution is 2.25. The van der Waals surface area contributed by atoms with E-state index in [1.165, 1.54) is 4.31 Å². The minimum absolute atomic E-state index is 0.0771. The SMILES string of the molecule is C/C(=N\NC(=O)c1ccccc1N(Cc1ccccc1)S(C)(=O)=O)c1cccc(NC(=O)c2ccccc2)c1. The fourth-order valence-electron chi connectivity index (χ4n) is 3.89. The van der Waals surface area contributed by atoms with E-state index in [4.69, 9.17) is 0 Å². The Bertz CT molecular complexity index is 1600. The van der Waals surface area contributed by atoms with Crippen molar-refractivity contribution < 1.29 is 18.0 Å². The molecule has 4 aromatic carbocycles. The van der Waals surface area contributed by atoms with Crippen LogP contribution in [0.25, 0.3) is 0 Å². The predicted octanol–water partition coefficient (Wildman–Crippen LogP) is 5.06. The van der Waals surface area contributed by atoms with Gasteiger partial charge in [-0.2, -0.15) is 5.10 Å². The monoisotopic (exact) mass is 540 g/mol. The number of nitrogens with zero attached hydrogens (tertiary/aromatic N) is 2. The number of nitrogens with one attached hydrogen (secondary N) is 2. The zero-order chi connectivity index (χ0) is 27.8. The number of anilines is 2. The molecule has 9 heteroatoms. The van der Waals surface area contributed by atoms with Crippen LogP contribution in [0.2, 0.25) is 0 Å². The van der Waals surface area contributed by atoms with Crippen molar-refractivity contribution in [2.75, 3.05) is 15.9 Å². The van der Waals surface area contributed by atoms with Gasteiger partial charge in [-0.3, -0.25) is 13.9 Å². The van der Waals surface area contributed by atoms with Crippen molar-refractivity contribution in [2.45, 2.75) is 13.5 Å². The molecular formula is C30H28N4O4S. The van der Waals surface area contributed by atoms with Crippen LogP contribution in [0.5, 0.6) is 0 Å². The Morgan fingerprint density at radius 1 is 0.769 bits per heavy atom. The Balaban J connectivity index is 1.52. The molecule has 0 aliphatic rings. The van der Waals surface area contributed by atoms with Crippen LogP contribution in [-0.2, 0) is 16.6 Å². The molecule has 8 nitrogen and oxygen atoms in total. The first-order valence-corrected chi connectivity index (χ1v) is 14.0. The molecule has 0 bridgehead atoms. The number of para-hydroxylation sites is 1. The number of rotatable bonds is 9. The van der Waals surface area contributed by atoms with Crippen molar-refractivity contribution in [3.8, 4) is 0 Å². The molecule has 4 aromatic rings. The van der Waals surface area contributed by atoms with E-state index in [1.54, 1.807) is 73.7 Å².